The van der Waals surface area contributed by atoms with Gasteiger partial charge in [-0.2, -0.15) is 0 Å². The molecular formula is C5H6N4O2. The van der Waals surface area contributed by atoms with E-state index < -0.39 is 0 Å². The van der Waals surface area contributed by atoms with E-state index in [9.17, 15) is 4.79 Å². The number of hydrogen-bond acceptors (Lipinski definition) is 5. The quantitative estimate of drug-likeness (QED) is 0.255. The first-order valence-electron chi connectivity index (χ1n) is 2.74. The molecule has 1 aromatic rings. The number of nitrogens with two attached hydrogens (primary N) is 1. The molecule has 0 unspecified atom stereocenters. The van der Waals surface area contributed by atoms with Crippen LogP contribution >= 0.6 is 0 Å². The van der Waals surface area contributed by atoms with E-state index >= 15 is 0 Å². The number of imidazole rings is 1. The number of carbonyl (C=O) groups is 1. The maximum atomic E-state index is 10.2. The third kappa shape index (κ3) is 1.18. The molecule has 3 N–H and O–H groups in total. The van der Waals surface area contributed by atoms with Crippen LogP contribution in [0.15, 0.2) is 11.5 Å². The maximum Gasteiger partial charge on any atom is 0.220 e. The molecular weight excluding hydrogens is 148 g/mol. The Morgan fingerprint density at radius 2 is 2.55 bits per heavy atom. The Kier molecular flexibility index (Phi) is 1.86. The van der Waals surface area contributed by atoms with Crippen molar-refractivity contribution < 1.29 is 10.0 Å². The van der Waals surface area contributed by atoms with Gasteiger partial charge >= 0.3 is 0 Å². The van der Waals surface area contributed by atoms with Crippen LogP contribution < -0.4 is 5.73 Å². The van der Waals surface area contributed by atoms with Crippen molar-refractivity contribution in [3.05, 3.63) is 12.0 Å². The number of anilines is 1. The normalized spacial score (nSPS) is 10.5. The van der Waals surface area contributed by atoms with Gasteiger partial charge in [0.25, 0.3) is 0 Å². The Labute approximate surface area is 61.9 Å². The Morgan fingerprint density at radius 1 is 1.82 bits per heavy atom. The highest BCUT2D eigenvalue weighted by Gasteiger charge is 2.02. The molecule has 1 rings (SSSR count). The third-order valence-corrected chi connectivity index (χ3v) is 1.16. The lowest BCUT2D eigenvalue weighted by atomic mass is 10.5. The average Bonchev–Trinajstić information content (AvgIpc) is 2.34. The lowest BCUT2D eigenvalue weighted by Crippen LogP contribution is -2.00. The van der Waals surface area contributed by atoms with E-state index in [0.717, 1.165) is 10.8 Å². The number of hydrogen-bond donors (Lipinski definition) is 2. The molecule has 0 spiro atoms. The highest BCUT2D eigenvalue weighted by Crippen LogP contribution is 2.03. The molecule has 0 saturated heterocycles. The Hall–Kier alpha value is -1.85. The van der Waals surface area contributed by atoms with E-state index in [0.29, 0.717) is 6.41 Å². The summed E-state index contributed by atoms with van der Waals surface area (Å²) in [4.78, 5) is 13.9. The van der Waals surface area contributed by atoms with Gasteiger partial charge in [0.2, 0.25) is 6.41 Å². The molecule has 0 saturated carbocycles. The maximum absolute atomic E-state index is 10.2. The lowest BCUT2D eigenvalue weighted by molar-refractivity contribution is 0.321. The second kappa shape index (κ2) is 2.82. The molecule has 58 valence electrons. The SMILES string of the molecule is Nc1c(/C=N\O)ncn1C=O. The smallest absolute Gasteiger partial charge is 0.220 e. The van der Waals surface area contributed by atoms with Crippen molar-refractivity contribution in [3.63, 3.8) is 0 Å². The number of oxime groups is 1. The van der Waals surface area contributed by atoms with Gasteiger partial charge in [-0.15, -0.1) is 0 Å². The lowest BCUT2D eigenvalue weighted by Gasteiger charge is -1.90. The molecule has 0 bridgehead atoms. The molecule has 0 aromatic carbocycles. The van der Waals surface area contributed by atoms with Gasteiger partial charge in [0.05, 0.1) is 6.21 Å². The van der Waals surface area contributed by atoms with Crippen LogP contribution in [0.25, 0.3) is 0 Å². The molecule has 1 aromatic heterocycles. The van der Waals surface area contributed by atoms with Gasteiger partial charge in [-0.25, -0.2) is 4.98 Å². The van der Waals surface area contributed by atoms with E-state index in [1.165, 1.54) is 6.33 Å². The van der Waals surface area contributed by atoms with E-state index in [1.54, 1.807) is 0 Å². The molecule has 0 amide bonds. The minimum Gasteiger partial charge on any atom is -0.411 e. The first-order chi connectivity index (χ1) is 5.29. The molecule has 6 nitrogen and oxygen atoms in total. The molecule has 0 aliphatic heterocycles. The zero-order chi connectivity index (χ0) is 8.27. The fourth-order valence-electron chi connectivity index (χ4n) is 0.623. The van der Waals surface area contributed by atoms with Crippen LogP contribution in [-0.2, 0) is 4.79 Å². The summed E-state index contributed by atoms with van der Waals surface area (Å²) in [5, 5.41) is 10.8. The predicted molar refractivity (Wildman–Crippen MR) is 38.2 cm³/mol. The van der Waals surface area contributed by atoms with Crippen LogP contribution in [0, 0.1) is 0 Å². The molecule has 0 radical (unpaired) electrons. The second-order valence-electron chi connectivity index (χ2n) is 1.77. The summed E-state index contributed by atoms with van der Waals surface area (Å²) >= 11 is 0. The van der Waals surface area contributed by atoms with Crippen LogP contribution in [-0.4, -0.2) is 27.4 Å². The zero-order valence-electron chi connectivity index (χ0n) is 5.51. The van der Waals surface area contributed by atoms with Gasteiger partial charge in [0.1, 0.15) is 17.8 Å². The van der Waals surface area contributed by atoms with Crippen LogP contribution in [0.2, 0.25) is 0 Å². The molecule has 0 fully saturated rings. The van der Waals surface area contributed by atoms with Crippen LogP contribution in [0.4, 0.5) is 5.82 Å². The Balaban J connectivity index is 3.09. The number of carbonyl (C=O) groups excluding carboxylic acids is 1. The number of rotatable bonds is 2. The number of aromatic nitrogens is 2. The first kappa shape index (κ1) is 7.26. The van der Waals surface area contributed by atoms with E-state index in [2.05, 4.69) is 10.1 Å². The fourth-order valence-corrected chi connectivity index (χ4v) is 0.623. The van der Waals surface area contributed by atoms with Gasteiger partial charge in [-0.05, 0) is 0 Å². The molecule has 0 aliphatic rings. The average molecular weight is 154 g/mol. The van der Waals surface area contributed by atoms with Gasteiger partial charge in [0, 0.05) is 0 Å². The van der Waals surface area contributed by atoms with Crippen molar-refractivity contribution in [2.24, 2.45) is 5.16 Å². The van der Waals surface area contributed by atoms with Gasteiger partial charge in [0.15, 0.2) is 0 Å². The summed E-state index contributed by atoms with van der Waals surface area (Å²) in [5.41, 5.74) is 5.63. The van der Waals surface area contributed by atoms with Crippen LogP contribution in [0.1, 0.15) is 5.69 Å². The summed E-state index contributed by atoms with van der Waals surface area (Å²) in [6.45, 7) is 0. The highest BCUT2D eigenvalue weighted by atomic mass is 16.4. The third-order valence-electron chi connectivity index (χ3n) is 1.16. The van der Waals surface area contributed by atoms with Gasteiger partial charge < -0.3 is 10.9 Å². The standard InChI is InChI=1S/C5H6N4O2/c6-5-4(1-8-11)7-2-9(5)3-10/h1-3,11H,6H2/b8-1-. The second-order valence-corrected chi connectivity index (χ2v) is 1.77. The summed E-state index contributed by atoms with van der Waals surface area (Å²) in [5.74, 6) is 0.151. The minimum atomic E-state index is 0.151. The molecule has 11 heavy (non-hydrogen) atoms. The van der Waals surface area contributed by atoms with E-state index in [4.69, 9.17) is 10.9 Å². The fraction of sp³-hybridized carbons (Fsp3) is 0. The monoisotopic (exact) mass is 154 g/mol. The van der Waals surface area contributed by atoms with Gasteiger partial charge in [-0.3, -0.25) is 9.36 Å². The van der Waals surface area contributed by atoms with E-state index in [1.807, 2.05) is 0 Å². The van der Waals surface area contributed by atoms with Crippen molar-refractivity contribution in [1.82, 2.24) is 9.55 Å². The molecule has 6 heteroatoms. The highest BCUT2D eigenvalue weighted by molar-refractivity contribution is 5.84. The van der Waals surface area contributed by atoms with E-state index in [-0.39, 0.29) is 11.5 Å². The van der Waals surface area contributed by atoms with Crippen molar-refractivity contribution >= 4 is 18.4 Å². The topological polar surface area (TPSA) is 93.5 Å². The predicted octanol–water partition coefficient (Wildman–Crippen LogP) is -0.688. The number of nitrogens with zero attached hydrogens (tertiary/aromatic N) is 3. The van der Waals surface area contributed by atoms with Gasteiger partial charge in [-0.1, -0.05) is 5.16 Å². The summed E-state index contributed by atoms with van der Waals surface area (Å²) in [6.07, 6.45) is 2.80. The molecule has 0 aliphatic carbocycles. The zero-order valence-corrected chi connectivity index (χ0v) is 5.51. The number of nitrogen functional groups attached to an aromatic ring is 1. The van der Waals surface area contributed by atoms with Crippen LogP contribution in [0.3, 0.4) is 0 Å². The minimum absolute atomic E-state index is 0.151. The Bertz CT molecular complexity index is 291. The Morgan fingerprint density at radius 3 is 3.00 bits per heavy atom. The summed E-state index contributed by atoms with van der Waals surface area (Å²) in [7, 11) is 0. The molecule has 0 atom stereocenters. The van der Waals surface area contributed by atoms with Crippen molar-refractivity contribution in [2.75, 3.05) is 5.73 Å². The van der Waals surface area contributed by atoms with Crippen molar-refractivity contribution in [1.29, 1.82) is 0 Å². The summed E-state index contributed by atoms with van der Waals surface area (Å²) in [6, 6.07) is 0. The largest absolute Gasteiger partial charge is 0.411 e. The van der Waals surface area contributed by atoms with Crippen LogP contribution in [0.5, 0.6) is 0 Å². The van der Waals surface area contributed by atoms with Crippen molar-refractivity contribution in [3.8, 4) is 0 Å². The summed E-state index contributed by atoms with van der Waals surface area (Å²) < 4.78 is 1.08. The van der Waals surface area contributed by atoms with Crippen molar-refractivity contribution in [2.45, 2.75) is 0 Å². The molecule has 1 heterocycles. The first-order valence-corrected chi connectivity index (χ1v) is 2.74.